The Hall–Kier alpha value is -2.94. The molecule has 6 rings (SSSR count). The molecule has 0 aromatic heterocycles. The number of morpholine rings is 1. The summed E-state index contributed by atoms with van der Waals surface area (Å²) in [5.41, 5.74) is 5.44. The lowest BCUT2D eigenvalue weighted by molar-refractivity contribution is -0.121. The molecule has 3 heterocycles. The molecule has 3 atom stereocenters. The fourth-order valence-electron chi connectivity index (χ4n) is 5.53. The van der Waals surface area contributed by atoms with Gasteiger partial charge >= 0.3 is 0 Å². The summed E-state index contributed by atoms with van der Waals surface area (Å²) in [5, 5.41) is 6.38. The molecule has 2 unspecified atom stereocenters. The third-order valence-electron chi connectivity index (χ3n) is 7.45. The molecule has 34 heavy (non-hydrogen) atoms. The van der Waals surface area contributed by atoms with Crippen LogP contribution >= 0.6 is 0 Å². The molecule has 2 aromatic rings. The summed E-state index contributed by atoms with van der Waals surface area (Å²) in [4.78, 5) is 22.2. The van der Waals surface area contributed by atoms with E-state index in [1.54, 1.807) is 0 Å². The average molecular weight is 462 g/mol. The fourth-order valence-corrected chi connectivity index (χ4v) is 5.53. The molecule has 2 N–H and O–H groups in total. The van der Waals surface area contributed by atoms with Gasteiger partial charge in [-0.3, -0.25) is 14.6 Å². The maximum Gasteiger partial charge on any atom is 0.290 e. The highest BCUT2D eigenvalue weighted by atomic mass is 16.5. The van der Waals surface area contributed by atoms with E-state index >= 15 is 0 Å². The van der Waals surface area contributed by atoms with Crippen molar-refractivity contribution in [3.8, 4) is 0 Å². The van der Waals surface area contributed by atoms with Crippen molar-refractivity contribution in [2.24, 2.45) is 4.99 Å². The van der Waals surface area contributed by atoms with Crippen molar-refractivity contribution in [1.82, 2.24) is 9.80 Å². The Balaban J connectivity index is 1.07. The molecule has 178 valence electrons. The van der Waals surface area contributed by atoms with Gasteiger partial charge in [-0.1, -0.05) is 24.3 Å². The van der Waals surface area contributed by atoms with E-state index in [1.807, 2.05) is 18.2 Å². The zero-order valence-electron chi connectivity index (χ0n) is 19.5. The number of ether oxygens (including phenoxy) is 2. The van der Waals surface area contributed by atoms with Gasteiger partial charge in [0.15, 0.2) is 0 Å². The summed E-state index contributed by atoms with van der Waals surface area (Å²) in [6.45, 7) is 4.02. The molecule has 1 aliphatic carbocycles. The molecule has 0 radical (unpaired) electrons. The largest absolute Gasteiger partial charge is 0.460 e. The Bertz CT molecular complexity index is 1110. The second kappa shape index (κ2) is 9.02. The number of anilines is 2. The van der Waals surface area contributed by atoms with E-state index in [4.69, 9.17) is 14.5 Å². The van der Waals surface area contributed by atoms with Crippen molar-refractivity contribution in [3.63, 3.8) is 0 Å². The number of aliphatic imine (C=N–C) groups is 1. The van der Waals surface area contributed by atoms with Gasteiger partial charge < -0.3 is 20.1 Å². The van der Waals surface area contributed by atoms with E-state index in [0.717, 1.165) is 56.1 Å². The van der Waals surface area contributed by atoms with Gasteiger partial charge in [0.05, 0.1) is 25.8 Å². The molecular weight excluding hydrogens is 430 g/mol. The average Bonchev–Trinajstić information content (AvgIpc) is 3.23. The number of nitrogens with one attached hydrogen (secondary N) is 2. The monoisotopic (exact) mass is 461 g/mol. The zero-order chi connectivity index (χ0) is 23.1. The van der Waals surface area contributed by atoms with Crippen molar-refractivity contribution in [1.29, 1.82) is 0 Å². The maximum absolute atomic E-state index is 12.7. The number of amides is 1. The molecule has 4 aliphatic rings. The predicted molar refractivity (Wildman–Crippen MR) is 131 cm³/mol. The van der Waals surface area contributed by atoms with E-state index in [1.165, 1.54) is 11.1 Å². The summed E-state index contributed by atoms with van der Waals surface area (Å²) >= 11 is 0. The van der Waals surface area contributed by atoms with Gasteiger partial charge in [0, 0.05) is 42.1 Å². The van der Waals surface area contributed by atoms with Crippen molar-refractivity contribution in [2.45, 2.75) is 37.6 Å². The quantitative estimate of drug-likeness (QED) is 0.729. The number of fused-ring (bicyclic) bond motifs is 4. The van der Waals surface area contributed by atoms with Crippen molar-refractivity contribution in [3.05, 3.63) is 59.2 Å². The van der Waals surface area contributed by atoms with E-state index in [-0.39, 0.29) is 11.9 Å². The van der Waals surface area contributed by atoms with Crippen LogP contribution < -0.4 is 10.6 Å². The summed E-state index contributed by atoms with van der Waals surface area (Å²) in [6.07, 6.45) is 2.06. The maximum atomic E-state index is 12.7. The van der Waals surface area contributed by atoms with Gasteiger partial charge in [-0.2, -0.15) is 0 Å². The Morgan fingerprint density at radius 2 is 1.97 bits per heavy atom. The Morgan fingerprint density at radius 3 is 2.82 bits per heavy atom. The number of nitrogens with zero attached hydrogens (tertiary/aromatic N) is 3. The van der Waals surface area contributed by atoms with E-state index in [0.29, 0.717) is 31.3 Å². The van der Waals surface area contributed by atoms with Crippen molar-refractivity contribution in [2.75, 3.05) is 50.5 Å². The van der Waals surface area contributed by atoms with Gasteiger partial charge in [0.2, 0.25) is 5.91 Å². The summed E-state index contributed by atoms with van der Waals surface area (Å²) in [5.74, 6) is 0.00957. The number of piperazine rings is 1. The number of carbonyl (C=O) groups excluding carboxylic acids is 1. The summed E-state index contributed by atoms with van der Waals surface area (Å²) < 4.78 is 11.6. The van der Waals surface area contributed by atoms with Crippen molar-refractivity contribution < 1.29 is 14.3 Å². The minimum atomic E-state index is 0.00957. The zero-order valence-corrected chi connectivity index (χ0v) is 19.5. The van der Waals surface area contributed by atoms with Crippen LogP contribution in [0, 0.1) is 0 Å². The lowest BCUT2D eigenvalue weighted by Crippen LogP contribution is -2.63. The summed E-state index contributed by atoms with van der Waals surface area (Å²) in [7, 11) is 2.15. The SMILES string of the molecule is CN1C2COCC1CN(CC(=O)Nc1ccc3c(c1)COC(=N[C@@H]1CCc4ccccc41)N3)C2. The molecule has 3 aliphatic heterocycles. The van der Waals surface area contributed by atoms with Crippen LogP contribution in [0.1, 0.15) is 29.2 Å². The van der Waals surface area contributed by atoms with Crippen LogP contribution in [0.25, 0.3) is 0 Å². The van der Waals surface area contributed by atoms with Crippen LogP contribution in [0.3, 0.4) is 0 Å². The van der Waals surface area contributed by atoms with Crippen molar-refractivity contribution >= 4 is 23.3 Å². The number of aryl methyl sites for hydroxylation is 1. The fraction of sp³-hybridized carbons (Fsp3) is 0.462. The number of hydrogen-bond donors (Lipinski definition) is 2. The number of likely N-dealkylation sites (N-methyl/N-ethyl adjacent to an activating group) is 1. The lowest BCUT2D eigenvalue weighted by atomic mass is 10.1. The predicted octanol–water partition coefficient (Wildman–Crippen LogP) is 2.63. The molecule has 0 saturated carbocycles. The van der Waals surface area contributed by atoms with Crippen LogP contribution in [0.5, 0.6) is 0 Å². The number of carbonyl (C=O) groups is 1. The Labute approximate surface area is 199 Å². The first kappa shape index (κ1) is 21.6. The molecule has 2 fully saturated rings. The standard InChI is InChI=1S/C26H31N5O3/c1-30-20-11-31(12-21(30)16-33-15-20)13-25(32)27-19-7-9-23-18(10-19)14-34-26(28-23)29-24-8-6-17-4-2-3-5-22(17)24/h2-5,7,9-10,20-21,24H,6,8,11-16H2,1H3,(H,27,32)(H,28,29)/t20?,21?,24-/m1/s1. The molecule has 1 amide bonds. The highest BCUT2D eigenvalue weighted by molar-refractivity contribution is 5.95. The van der Waals surface area contributed by atoms with Gasteiger partial charge in [0.25, 0.3) is 6.02 Å². The highest BCUT2D eigenvalue weighted by Crippen LogP contribution is 2.35. The molecule has 0 spiro atoms. The third kappa shape index (κ3) is 4.29. The molecule has 8 nitrogen and oxygen atoms in total. The number of rotatable bonds is 4. The van der Waals surface area contributed by atoms with Gasteiger partial charge in [-0.25, -0.2) is 4.99 Å². The smallest absolute Gasteiger partial charge is 0.290 e. The number of hydrogen-bond acceptors (Lipinski definition) is 6. The van der Waals surface area contributed by atoms with Crippen LogP contribution in [0.4, 0.5) is 11.4 Å². The summed E-state index contributed by atoms with van der Waals surface area (Å²) in [6, 6.07) is 15.8. The van der Waals surface area contributed by atoms with Crippen LogP contribution in [-0.4, -0.2) is 73.7 Å². The highest BCUT2D eigenvalue weighted by Gasteiger charge is 2.36. The first-order valence-electron chi connectivity index (χ1n) is 12.1. The van der Waals surface area contributed by atoms with E-state index in [2.05, 4.69) is 51.7 Å². The minimum Gasteiger partial charge on any atom is -0.460 e. The minimum absolute atomic E-state index is 0.00957. The van der Waals surface area contributed by atoms with Gasteiger partial charge in [-0.05, 0) is 49.2 Å². The Morgan fingerprint density at radius 1 is 1.15 bits per heavy atom. The van der Waals surface area contributed by atoms with Gasteiger partial charge in [0.1, 0.15) is 6.61 Å². The second-order valence-corrected chi connectivity index (χ2v) is 9.73. The Kier molecular flexibility index (Phi) is 5.72. The molecule has 2 bridgehead atoms. The topological polar surface area (TPSA) is 78.4 Å². The lowest BCUT2D eigenvalue weighted by Gasteiger charge is -2.47. The first-order chi connectivity index (χ1) is 16.6. The van der Waals surface area contributed by atoms with Crippen LogP contribution in [-0.2, 0) is 27.3 Å². The number of amidine groups is 1. The molecule has 8 heteroatoms. The van der Waals surface area contributed by atoms with Crippen LogP contribution in [0.2, 0.25) is 0 Å². The normalized spacial score (nSPS) is 27.4. The van der Waals surface area contributed by atoms with Crippen LogP contribution in [0.15, 0.2) is 47.5 Å². The molecule has 2 aromatic carbocycles. The molecular formula is C26H31N5O3. The molecule has 2 saturated heterocycles. The second-order valence-electron chi connectivity index (χ2n) is 9.73. The van der Waals surface area contributed by atoms with E-state index in [9.17, 15) is 4.79 Å². The number of benzene rings is 2. The first-order valence-corrected chi connectivity index (χ1v) is 12.1. The van der Waals surface area contributed by atoms with E-state index < -0.39 is 0 Å². The van der Waals surface area contributed by atoms with Gasteiger partial charge in [-0.15, -0.1) is 0 Å². The third-order valence-corrected chi connectivity index (χ3v) is 7.45.